The summed E-state index contributed by atoms with van der Waals surface area (Å²) in [4.78, 5) is 11.1. The van der Waals surface area contributed by atoms with Gasteiger partial charge in [0.25, 0.3) is 0 Å². The Balaban J connectivity index is 2.81. The monoisotopic (exact) mass is 222 g/mol. The van der Waals surface area contributed by atoms with E-state index in [0.717, 1.165) is 11.3 Å². The van der Waals surface area contributed by atoms with E-state index in [1.807, 2.05) is 38.1 Å². The van der Waals surface area contributed by atoms with E-state index >= 15 is 0 Å². The van der Waals surface area contributed by atoms with Gasteiger partial charge in [0.05, 0.1) is 12.0 Å². The van der Waals surface area contributed by atoms with Crippen LogP contribution in [0.15, 0.2) is 24.3 Å². The van der Waals surface area contributed by atoms with Crippen molar-refractivity contribution in [1.82, 2.24) is 0 Å². The summed E-state index contributed by atoms with van der Waals surface area (Å²) in [6.45, 7) is 4.14. The summed E-state index contributed by atoms with van der Waals surface area (Å²) >= 11 is 0. The predicted molar refractivity (Wildman–Crippen MR) is 63.2 cm³/mol. The molecule has 1 rings (SSSR count). The fraction of sp³-hybridized carbons (Fsp3) is 0.417. The van der Waals surface area contributed by atoms with Crippen LogP contribution in [0.4, 0.5) is 0 Å². The molecule has 1 amide bonds. The molecule has 0 aliphatic carbocycles. The van der Waals surface area contributed by atoms with Crippen LogP contribution < -0.4 is 16.2 Å². The third-order valence-corrected chi connectivity index (χ3v) is 2.23. The van der Waals surface area contributed by atoms with Crippen LogP contribution in [0.1, 0.15) is 25.3 Å². The first-order valence-electron chi connectivity index (χ1n) is 5.30. The standard InChI is InChI=1S/C12H18N2O2/c1-8(2)16-10-5-3-9(4-6-10)11(7-13)12(14)15/h3-6,8,11H,7,13H2,1-2H3,(H2,14,15). The Morgan fingerprint density at radius 1 is 1.31 bits per heavy atom. The maximum Gasteiger partial charge on any atom is 0.226 e. The van der Waals surface area contributed by atoms with E-state index in [1.165, 1.54) is 0 Å². The minimum Gasteiger partial charge on any atom is -0.491 e. The van der Waals surface area contributed by atoms with Crippen molar-refractivity contribution in [1.29, 1.82) is 0 Å². The van der Waals surface area contributed by atoms with Crippen molar-refractivity contribution in [2.75, 3.05) is 6.54 Å². The lowest BCUT2D eigenvalue weighted by Crippen LogP contribution is -2.27. The summed E-state index contributed by atoms with van der Waals surface area (Å²) < 4.78 is 5.50. The number of rotatable bonds is 5. The molecule has 1 aromatic rings. The molecule has 4 heteroatoms. The molecule has 0 saturated heterocycles. The summed E-state index contributed by atoms with van der Waals surface area (Å²) in [5, 5.41) is 0. The number of ether oxygens (including phenoxy) is 1. The number of hydrogen-bond acceptors (Lipinski definition) is 3. The largest absolute Gasteiger partial charge is 0.491 e. The van der Waals surface area contributed by atoms with Crippen molar-refractivity contribution in [2.24, 2.45) is 11.5 Å². The van der Waals surface area contributed by atoms with E-state index in [9.17, 15) is 4.79 Å². The molecule has 4 nitrogen and oxygen atoms in total. The minimum atomic E-state index is -0.423. The number of primary amides is 1. The molecule has 1 unspecified atom stereocenters. The van der Waals surface area contributed by atoms with Gasteiger partial charge >= 0.3 is 0 Å². The van der Waals surface area contributed by atoms with Gasteiger partial charge in [-0.2, -0.15) is 0 Å². The highest BCUT2D eigenvalue weighted by Crippen LogP contribution is 2.19. The van der Waals surface area contributed by atoms with Crippen LogP contribution in [-0.2, 0) is 4.79 Å². The maximum absolute atomic E-state index is 11.1. The molecule has 1 atom stereocenters. The van der Waals surface area contributed by atoms with Gasteiger partial charge in [-0.15, -0.1) is 0 Å². The summed E-state index contributed by atoms with van der Waals surface area (Å²) in [5.41, 5.74) is 11.6. The Morgan fingerprint density at radius 2 is 1.88 bits per heavy atom. The molecule has 0 aliphatic heterocycles. The third kappa shape index (κ3) is 3.24. The van der Waals surface area contributed by atoms with Crippen molar-refractivity contribution in [3.63, 3.8) is 0 Å². The van der Waals surface area contributed by atoms with Crippen LogP contribution in [0.2, 0.25) is 0 Å². The number of carbonyl (C=O) groups excluding carboxylic acids is 1. The molecule has 1 aromatic carbocycles. The van der Waals surface area contributed by atoms with Crippen molar-refractivity contribution in [3.8, 4) is 5.75 Å². The van der Waals surface area contributed by atoms with Crippen LogP contribution in [0.5, 0.6) is 5.75 Å². The minimum absolute atomic E-state index is 0.132. The second-order valence-corrected chi connectivity index (χ2v) is 3.93. The molecule has 16 heavy (non-hydrogen) atoms. The normalized spacial score (nSPS) is 12.5. The lowest BCUT2D eigenvalue weighted by atomic mass is 9.99. The Bertz CT molecular complexity index is 347. The molecule has 0 radical (unpaired) electrons. The lowest BCUT2D eigenvalue weighted by molar-refractivity contribution is -0.119. The van der Waals surface area contributed by atoms with E-state index in [2.05, 4.69) is 0 Å². The van der Waals surface area contributed by atoms with Crippen molar-refractivity contribution in [3.05, 3.63) is 29.8 Å². The van der Waals surface area contributed by atoms with Crippen molar-refractivity contribution in [2.45, 2.75) is 25.9 Å². The van der Waals surface area contributed by atoms with Crippen molar-refractivity contribution >= 4 is 5.91 Å². The van der Waals surface area contributed by atoms with Gasteiger partial charge in [0.15, 0.2) is 0 Å². The highest BCUT2D eigenvalue weighted by Gasteiger charge is 2.15. The van der Waals surface area contributed by atoms with Gasteiger partial charge in [-0.3, -0.25) is 4.79 Å². The zero-order valence-corrected chi connectivity index (χ0v) is 9.64. The van der Waals surface area contributed by atoms with E-state index in [-0.39, 0.29) is 12.6 Å². The summed E-state index contributed by atoms with van der Waals surface area (Å²) in [5.74, 6) is -0.0490. The number of amides is 1. The molecule has 0 heterocycles. The quantitative estimate of drug-likeness (QED) is 0.780. The highest BCUT2D eigenvalue weighted by atomic mass is 16.5. The Labute approximate surface area is 95.6 Å². The van der Waals surface area contributed by atoms with Gasteiger partial charge < -0.3 is 16.2 Å². The van der Waals surface area contributed by atoms with E-state index in [4.69, 9.17) is 16.2 Å². The fourth-order valence-electron chi connectivity index (χ4n) is 1.47. The van der Waals surface area contributed by atoms with Gasteiger partial charge in [-0.1, -0.05) is 12.1 Å². The average molecular weight is 222 g/mol. The molecule has 0 saturated carbocycles. The first kappa shape index (κ1) is 12.5. The first-order valence-corrected chi connectivity index (χ1v) is 5.30. The first-order chi connectivity index (χ1) is 7.54. The molecule has 0 fully saturated rings. The van der Waals surface area contributed by atoms with Crippen LogP contribution in [0.3, 0.4) is 0 Å². The van der Waals surface area contributed by atoms with Crippen LogP contribution >= 0.6 is 0 Å². The van der Waals surface area contributed by atoms with E-state index < -0.39 is 11.8 Å². The molecule has 0 aromatic heterocycles. The zero-order chi connectivity index (χ0) is 12.1. The van der Waals surface area contributed by atoms with Gasteiger partial charge in [0.2, 0.25) is 5.91 Å². The smallest absolute Gasteiger partial charge is 0.226 e. The molecule has 0 bridgehead atoms. The lowest BCUT2D eigenvalue weighted by Gasteiger charge is -2.13. The summed E-state index contributed by atoms with van der Waals surface area (Å²) in [6.07, 6.45) is 0.132. The molecule has 4 N–H and O–H groups in total. The maximum atomic E-state index is 11.1. The second-order valence-electron chi connectivity index (χ2n) is 3.93. The van der Waals surface area contributed by atoms with Crippen LogP contribution in [0.25, 0.3) is 0 Å². The number of nitrogens with two attached hydrogens (primary N) is 2. The fourth-order valence-corrected chi connectivity index (χ4v) is 1.47. The van der Waals surface area contributed by atoms with Gasteiger partial charge in [-0.05, 0) is 31.5 Å². The average Bonchev–Trinajstić information content (AvgIpc) is 2.20. The number of carbonyl (C=O) groups is 1. The van der Waals surface area contributed by atoms with E-state index in [0.29, 0.717) is 0 Å². The Hall–Kier alpha value is -1.55. The van der Waals surface area contributed by atoms with Crippen LogP contribution in [0, 0.1) is 0 Å². The number of benzene rings is 1. The summed E-state index contributed by atoms with van der Waals surface area (Å²) in [7, 11) is 0. The SMILES string of the molecule is CC(C)Oc1ccc(C(CN)C(N)=O)cc1. The van der Waals surface area contributed by atoms with Gasteiger partial charge in [0, 0.05) is 6.54 Å². The molecule has 0 aliphatic rings. The van der Waals surface area contributed by atoms with Gasteiger partial charge in [0.1, 0.15) is 5.75 Å². The molecular weight excluding hydrogens is 204 g/mol. The van der Waals surface area contributed by atoms with Crippen molar-refractivity contribution < 1.29 is 9.53 Å². The Morgan fingerprint density at radius 3 is 2.25 bits per heavy atom. The molecule has 0 spiro atoms. The topological polar surface area (TPSA) is 78.3 Å². The van der Waals surface area contributed by atoms with Gasteiger partial charge in [-0.25, -0.2) is 0 Å². The second kappa shape index (κ2) is 5.51. The Kier molecular flexibility index (Phi) is 4.31. The molecular formula is C12H18N2O2. The highest BCUT2D eigenvalue weighted by molar-refractivity contribution is 5.82. The zero-order valence-electron chi connectivity index (χ0n) is 9.64. The molecule has 88 valence electrons. The van der Waals surface area contributed by atoms with Crippen LogP contribution in [-0.4, -0.2) is 18.6 Å². The summed E-state index contributed by atoms with van der Waals surface area (Å²) in [6, 6.07) is 7.28. The predicted octanol–water partition coefficient (Wildman–Crippen LogP) is 1.00. The third-order valence-electron chi connectivity index (χ3n) is 2.23. The number of hydrogen-bond donors (Lipinski definition) is 2. The van der Waals surface area contributed by atoms with E-state index in [1.54, 1.807) is 0 Å².